The third-order valence-electron chi connectivity index (χ3n) is 2.57. The van der Waals surface area contributed by atoms with Crippen LogP contribution in [0, 0.1) is 13.8 Å². The molecule has 5 heteroatoms. The van der Waals surface area contributed by atoms with Crippen molar-refractivity contribution in [2.24, 2.45) is 0 Å². The van der Waals surface area contributed by atoms with Crippen LogP contribution in [0.15, 0.2) is 27.2 Å². The van der Waals surface area contributed by atoms with Crippen molar-refractivity contribution in [2.75, 3.05) is 5.32 Å². The van der Waals surface area contributed by atoms with Crippen LogP contribution in [0.5, 0.6) is 0 Å². The molecule has 2 aromatic rings. The molecule has 2 rings (SSSR count). The predicted molar refractivity (Wildman–Crippen MR) is 72.5 cm³/mol. The summed E-state index contributed by atoms with van der Waals surface area (Å²) in [5, 5.41) is 7.89. The Morgan fingerprint density at radius 3 is 2.76 bits per heavy atom. The first-order valence-electron chi connectivity index (χ1n) is 5.18. The molecule has 1 N–H and O–H groups in total. The van der Waals surface area contributed by atoms with Gasteiger partial charge in [0, 0.05) is 22.3 Å². The number of benzene rings is 1. The zero-order chi connectivity index (χ0) is 12.4. The van der Waals surface area contributed by atoms with Crippen LogP contribution in [0.3, 0.4) is 0 Å². The van der Waals surface area contributed by atoms with Crippen LogP contribution in [0.2, 0.25) is 5.02 Å². The molecule has 0 aliphatic heterocycles. The fraction of sp³-hybridized carbons (Fsp3) is 0.250. The third kappa shape index (κ3) is 2.82. The van der Waals surface area contributed by atoms with Crippen LogP contribution >= 0.6 is 27.5 Å². The maximum atomic E-state index is 6.02. The van der Waals surface area contributed by atoms with Crippen molar-refractivity contribution in [3.05, 3.63) is 44.7 Å². The minimum atomic E-state index is 0.680. The van der Waals surface area contributed by atoms with Crippen LogP contribution in [0.1, 0.15) is 17.0 Å². The SMILES string of the molecule is Cc1noc(C)c1CNc1ccc(Br)c(Cl)c1. The van der Waals surface area contributed by atoms with Gasteiger partial charge in [-0.1, -0.05) is 16.8 Å². The molecule has 0 spiro atoms. The number of aryl methyl sites for hydroxylation is 2. The number of hydrogen-bond acceptors (Lipinski definition) is 3. The topological polar surface area (TPSA) is 38.1 Å². The third-order valence-corrected chi connectivity index (χ3v) is 3.80. The molecule has 0 bridgehead atoms. The van der Waals surface area contributed by atoms with E-state index in [1.807, 2.05) is 32.0 Å². The average Bonchev–Trinajstić information content (AvgIpc) is 2.61. The number of anilines is 1. The van der Waals surface area contributed by atoms with Crippen LogP contribution in [0.4, 0.5) is 5.69 Å². The highest BCUT2D eigenvalue weighted by atomic mass is 79.9. The van der Waals surface area contributed by atoms with Crippen molar-refractivity contribution in [2.45, 2.75) is 20.4 Å². The van der Waals surface area contributed by atoms with E-state index in [9.17, 15) is 0 Å². The fourth-order valence-electron chi connectivity index (χ4n) is 1.55. The summed E-state index contributed by atoms with van der Waals surface area (Å²) in [5.74, 6) is 0.846. The van der Waals surface area contributed by atoms with Gasteiger partial charge < -0.3 is 9.84 Å². The van der Waals surface area contributed by atoms with Gasteiger partial charge in [0.05, 0.1) is 10.7 Å². The number of rotatable bonds is 3. The molecule has 1 aromatic heterocycles. The van der Waals surface area contributed by atoms with Crippen molar-refractivity contribution in [3.8, 4) is 0 Å². The fourth-order valence-corrected chi connectivity index (χ4v) is 1.98. The molecule has 1 heterocycles. The summed E-state index contributed by atoms with van der Waals surface area (Å²) in [6.07, 6.45) is 0. The molecule has 0 saturated heterocycles. The Kier molecular flexibility index (Phi) is 3.74. The quantitative estimate of drug-likeness (QED) is 0.916. The van der Waals surface area contributed by atoms with E-state index in [4.69, 9.17) is 16.1 Å². The molecule has 0 saturated carbocycles. The normalized spacial score (nSPS) is 10.6. The summed E-state index contributed by atoms with van der Waals surface area (Å²) >= 11 is 9.38. The Balaban J connectivity index is 2.10. The Bertz CT molecular complexity index is 520. The van der Waals surface area contributed by atoms with Crippen molar-refractivity contribution in [3.63, 3.8) is 0 Å². The molecule has 17 heavy (non-hydrogen) atoms. The lowest BCUT2D eigenvalue weighted by atomic mass is 10.2. The minimum absolute atomic E-state index is 0.680. The highest BCUT2D eigenvalue weighted by molar-refractivity contribution is 9.10. The number of nitrogens with zero attached hydrogens (tertiary/aromatic N) is 1. The Morgan fingerprint density at radius 1 is 1.41 bits per heavy atom. The van der Waals surface area contributed by atoms with Crippen molar-refractivity contribution >= 4 is 33.2 Å². The van der Waals surface area contributed by atoms with Gasteiger partial charge >= 0.3 is 0 Å². The summed E-state index contributed by atoms with van der Waals surface area (Å²) in [4.78, 5) is 0. The Hall–Kier alpha value is -1.000. The largest absolute Gasteiger partial charge is 0.381 e. The van der Waals surface area contributed by atoms with Crippen LogP contribution in [-0.4, -0.2) is 5.16 Å². The first-order chi connectivity index (χ1) is 8.08. The second kappa shape index (κ2) is 5.10. The van der Waals surface area contributed by atoms with E-state index in [0.717, 1.165) is 27.2 Å². The summed E-state index contributed by atoms with van der Waals surface area (Å²) in [6.45, 7) is 4.52. The van der Waals surface area contributed by atoms with Gasteiger partial charge in [-0.3, -0.25) is 0 Å². The molecular weight excluding hydrogens is 304 g/mol. The van der Waals surface area contributed by atoms with Gasteiger partial charge in [0.1, 0.15) is 5.76 Å². The zero-order valence-corrected chi connectivity index (χ0v) is 11.9. The molecular formula is C12H12BrClN2O. The maximum absolute atomic E-state index is 6.02. The van der Waals surface area contributed by atoms with Gasteiger partial charge in [-0.25, -0.2) is 0 Å². The lowest BCUT2D eigenvalue weighted by Gasteiger charge is -2.07. The summed E-state index contributed by atoms with van der Waals surface area (Å²) in [5.41, 5.74) is 2.97. The van der Waals surface area contributed by atoms with Gasteiger partial charge in [0.15, 0.2) is 0 Å². The van der Waals surface area contributed by atoms with Crippen LogP contribution < -0.4 is 5.32 Å². The average molecular weight is 316 g/mol. The Labute approximate surface area is 113 Å². The van der Waals surface area contributed by atoms with Crippen LogP contribution in [-0.2, 0) is 6.54 Å². The lowest BCUT2D eigenvalue weighted by molar-refractivity contribution is 0.392. The molecule has 0 aliphatic carbocycles. The molecule has 0 aliphatic rings. The highest BCUT2D eigenvalue weighted by Crippen LogP contribution is 2.26. The van der Waals surface area contributed by atoms with Crippen molar-refractivity contribution < 1.29 is 4.52 Å². The molecule has 0 radical (unpaired) electrons. The van der Waals surface area contributed by atoms with E-state index in [-0.39, 0.29) is 0 Å². The summed E-state index contributed by atoms with van der Waals surface area (Å²) in [7, 11) is 0. The van der Waals surface area contributed by atoms with E-state index >= 15 is 0 Å². The van der Waals surface area contributed by atoms with Gasteiger partial charge in [0.25, 0.3) is 0 Å². The molecule has 0 atom stereocenters. The minimum Gasteiger partial charge on any atom is -0.381 e. The van der Waals surface area contributed by atoms with E-state index in [2.05, 4.69) is 26.4 Å². The van der Waals surface area contributed by atoms with E-state index in [1.165, 1.54) is 0 Å². The van der Waals surface area contributed by atoms with E-state index in [1.54, 1.807) is 0 Å². The monoisotopic (exact) mass is 314 g/mol. The first kappa shape index (κ1) is 12.5. The first-order valence-corrected chi connectivity index (χ1v) is 6.35. The van der Waals surface area contributed by atoms with Crippen molar-refractivity contribution in [1.82, 2.24) is 5.16 Å². The molecule has 90 valence electrons. The number of aromatic nitrogens is 1. The standard InChI is InChI=1S/C12H12BrClN2O/c1-7-10(8(2)17-16-7)6-15-9-3-4-11(13)12(14)5-9/h3-5,15H,6H2,1-2H3. The highest BCUT2D eigenvalue weighted by Gasteiger charge is 2.08. The predicted octanol–water partition coefficient (Wildman–Crippen LogP) is 4.32. The molecule has 3 nitrogen and oxygen atoms in total. The van der Waals surface area contributed by atoms with Gasteiger partial charge in [-0.2, -0.15) is 0 Å². The number of halogens is 2. The van der Waals surface area contributed by atoms with Gasteiger partial charge in [0.2, 0.25) is 0 Å². The number of hydrogen-bond donors (Lipinski definition) is 1. The molecule has 0 fully saturated rings. The smallest absolute Gasteiger partial charge is 0.138 e. The zero-order valence-electron chi connectivity index (χ0n) is 9.55. The second-order valence-corrected chi connectivity index (χ2v) is 5.05. The van der Waals surface area contributed by atoms with E-state index in [0.29, 0.717) is 11.6 Å². The Morgan fingerprint density at radius 2 is 2.18 bits per heavy atom. The van der Waals surface area contributed by atoms with Crippen molar-refractivity contribution in [1.29, 1.82) is 0 Å². The van der Waals surface area contributed by atoms with Gasteiger partial charge in [-0.15, -0.1) is 0 Å². The maximum Gasteiger partial charge on any atom is 0.138 e. The molecule has 1 aromatic carbocycles. The lowest BCUT2D eigenvalue weighted by Crippen LogP contribution is -2.01. The second-order valence-electron chi connectivity index (χ2n) is 3.79. The van der Waals surface area contributed by atoms with Crippen LogP contribution in [0.25, 0.3) is 0 Å². The molecule has 0 amide bonds. The summed E-state index contributed by atoms with van der Waals surface area (Å²) < 4.78 is 5.99. The van der Waals surface area contributed by atoms with Gasteiger partial charge in [-0.05, 0) is 48.0 Å². The van der Waals surface area contributed by atoms with E-state index < -0.39 is 0 Å². The number of nitrogens with one attached hydrogen (secondary N) is 1. The summed E-state index contributed by atoms with van der Waals surface area (Å²) in [6, 6.07) is 5.76. The molecule has 0 unspecified atom stereocenters.